The summed E-state index contributed by atoms with van der Waals surface area (Å²) < 4.78 is 2.95. The fraction of sp³-hybridized carbons (Fsp3) is 0.200. The van der Waals surface area contributed by atoms with Gasteiger partial charge in [0.2, 0.25) is 5.95 Å². The van der Waals surface area contributed by atoms with Crippen LogP contribution in [0, 0.1) is 0 Å². The zero-order valence-electron chi connectivity index (χ0n) is 14.1. The minimum atomic E-state index is -0.0469. The summed E-state index contributed by atoms with van der Waals surface area (Å²) in [4.78, 5) is 4.64. The maximum absolute atomic E-state index is 9.09. The first-order valence-corrected chi connectivity index (χ1v) is 9.40. The van der Waals surface area contributed by atoms with E-state index >= 15 is 0 Å². The number of nitrogens with zero attached hydrogens (tertiary/aromatic N) is 3. The van der Waals surface area contributed by atoms with E-state index in [9.17, 15) is 0 Å². The lowest BCUT2D eigenvalue weighted by molar-refractivity contribution is 0.287. The Morgan fingerprint density at radius 2 is 1.96 bits per heavy atom. The van der Waals surface area contributed by atoms with E-state index in [2.05, 4.69) is 61.7 Å². The van der Waals surface area contributed by atoms with Gasteiger partial charge in [-0.15, -0.1) is 0 Å². The van der Waals surface area contributed by atoms with Gasteiger partial charge in [0.25, 0.3) is 0 Å². The number of allylic oxidation sites excluding steroid dienone is 1. The minimum Gasteiger partial charge on any atom is -0.396 e. The smallest absolute Gasteiger partial charge is 0.226 e. The second-order valence-corrected chi connectivity index (χ2v) is 7.11. The van der Waals surface area contributed by atoms with Gasteiger partial charge in [-0.2, -0.15) is 10.1 Å². The van der Waals surface area contributed by atoms with Crippen molar-refractivity contribution in [3.8, 4) is 0 Å². The largest absolute Gasteiger partial charge is 0.396 e. The third kappa shape index (κ3) is 3.43. The summed E-state index contributed by atoms with van der Waals surface area (Å²) in [5, 5.41) is 17.2. The van der Waals surface area contributed by atoms with Crippen LogP contribution in [0.15, 0.2) is 65.1 Å². The minimum absolute atomic E-state index is 0.0469. The number of fused-ring (bicyclic) bond motifs is 1. The molecule has 1 aromatic heterocycles. The molecule has 0 radical (unpaired) electrons. The van der Waals surface area contributed by atoms with Crippen LogP contribution < -0.4 is 5.32 Å². The Bertz CT molecular complexity index is 936. The van der Waals surface area contributed by atoms with E-state index in [1.54, 1.807) is 0 Å². The quantitative estimate of drug-likeness (QED) is 0.666. The molecule has 0 fully saturated rings. The van der Waals surface area contributed by atoms with Gasteiger partial charge in [-0.05, 0) is 35.8 Å². The molecule has 5 nitrogen and oxygen atoms in total. The van der Waals surface area contributed by atoms with E-state index in [1.807, 2.05) is 35.0 Å². The lowest BCUT2D eigenvalue weighted by Gasteiger charge is -2.24. The molecule has 0 amide bonds. The van der Waals surface area contributed by atoms with Crippen molar-refractivity contribution in [1.82, 2.24) is 14.8 Å². The normalized spacial score (nSPS) is 15.9. The van der Waals surface area contributed by atoms with Gasteiger partial charge in [0.05, 0.1) is 0 Å². The SMILES string of the molecule is OCCCc1nc2n(n1)C(c1cccc(Br)c1)C=C(c1ccccc1)N2. The highest BCUT2D eigenvalue weighted by atomic mass is 79.9. The van der Waals surface area contributed by atoms with Gasteiger partial charge in [-0.25, -0.2) is 4.68 Å². The number of aryl methyl sites for hydroxylation is 1. The van der Waals surface area contributed by atoms with Crippen LogP contribution in [0.3, 0.4) is 0 Å². The molecule has 0 aliphatic carbocycles. The van der Waals surface area contributed by atoms with E-state index < -0.39 is 0 Å². The summed E-state index contributed by atoms with van der Waals surface area (Å²) in [6.45, 7) is 0.139. The molecule has 2 heterocycles. The van der Waals surface area contributed by atoms with Gasteiger partial charge in [0.1, 0.15) is 6.04 Å². The Morgan fingerprint density at radius 3 is 2.73 bits per heavy atom. The average Bonchev–Trinajstić information content (AvgIpc) is 3.09. The fourth-order valence-corrected chi connectivity index (χ4v) is 3.51. The highest BCUT2D eigenvalue weighted by Crippen LogP contribution is 2.33. The van der Waals surface area contributed by atoms with Crippen LogP contribution in [0.4, 0.5) is 5.95 Å². The van der Waals surface area contributed by atoms with Crippen molar-refractivity contribution in [1.29, 1.82) is 0 Å². The molecule has 4 rings (SSSR count). The number of aromatic nitrogens is 3. The molecular weight excluding hydrogens is 392 g/mol. The lowest BCUT2D eigenvalue weighted by atomic mass is 10.0. The van der Waals surface area contributed by atoms with Crippen molar-refractivity contribution >= 4 is 27.6 Å². The van der Waals surface area contributed by atoms with Crippen LogP contribution in [-0.2, 0) is 6.42 Å². The zero-order valence-corrected chi connectivity index (χ0v) is 15.7. The lowest BCUT2D eigenvalue weighted by Crippen LogP contribution is -2.20. The van der Waals surface area contributed by atoms with E-state index in [0.29, 0.717) is 12.8 Å². The van der Waals surface area contributed by atoms with Crippen molar-refractivity contribution in [2.75, 3.05) is 11.9 Å². The van der Waals surface area contributed by atoms with Crippen LogP contribution in [-0.4, -0.2) is 26.5 Å². The first-order valence-electron chi connectivity index (χ1n) is 8.60. The Labute approximate surface area is 160 Å². The summed E-state index contributed by atoms with van der Waals surface area (Å²) in [6, 6.07) is 18.4. The number of anilines is 1. The van der Waals surface area contributed by atoms with Crippen LogP contribution in [0.25, 0.3) is 5.70 Å². The average molecular weight is 411 g/mol. The summed E-state index contributed by atoms with van der Waals surface area (Å²) in [6.07, 6.45) is 3.49. The highest BCUT2D eigenvalue weighted by molar-refractivity contribution is 9.10. The standard InChI is InChI=1S/C20H19BrN4O/c21-16-9-4-8-15(12-16)18-13-17(14-6-2-1-3-7-14)22-20-23-19(10-5-11-26)24-25(18)20/h1-4,6-9,12-13,18,26H,5,10-11H2,(H,22,23,24). The second-order valence-electron chi connectivity index (χ2n) is 6.19. The molecule has 0 saturated heterocycles. The van der Waals surface area contributed by atoms with Crippen molar-refractivity contribution in [2.24, 2.45) is 0 Å². The van der Waals surface area contributed by atoms with Crippen molar-refractivity contribution < 1.29 is 5.11 Å². The van der Waals surface area contributed by atoms with Crippen LogP contribution >= 0.6 is 15.9 Å². The molecule has 132 valence electrons. The number of benzene rings is 2. The first kappa shape index (κ1) is 17.0. The monoisotopic (exact) mass is 410 g/mol. The van der Waals surface area contributed by atoms with Gasteiger partial charge in [0, 0.05) is 23.2 Å². The number of nitrogens with one attached hydrogen (secondary N) is 1. The maximum atomic E-state index is 9.09. The predicted octanol–water partition coefficient (Wildman–Crippen LogP) is 4.02. The molecule has 26 heavy (non-hydrogen) atoms. The van der Waals surface area contributed by atoms with Gasteiger partial charge < -0.3 is 10.4 Å². The van der Waals surface area contributed by atoms with Crippen LogP contribution in [0.2, 0.25) is 0 Å². The van der Waals surface area contributed by atoms with Gasteiger partial charge in [-0.1, -0.05) is 58.4 Å². The molecule has 3 aromatic rings. The molecule has 6 heteroatoms. The Hall–Kier alpha value is -2.44. The second kappa shape index (κ2) is 7.43. The van der Waals surface area contributed by atoms with Gasteiger partial charge in [0.15, 0.2) is 5.82 Å². The summed E-state index contributed by atoms with van der Waals surface area (Å²) >= 11 is 3.56. The van der Waals surface area contributed by atoms with Crippen molar-refractivity contribution in [3.05, 3.63) is 82.1 Å². The fourth-order valence-electron chi connectivity index (χ4n) is 3.09. The number of aliphatic hydroxyl groups is 1. The number of hydrogen-bond acceptors (Lipinski definition) is 4. The number of rotatable bonds is 5. The van der Waals surface area contributed by atoms with Crippen LogP contribution in [0.5, 0.6) is 0 Å². The van der Waals surface area contributed by atoms with Crippen molar-refractivity contribution in [3.63, 3.8) is 0 Å². The third-order valence-electron chi connectivity index (χ3n) is 4.34. The van der Waals surface area contributed by atoms with E-state index in [1.165, 1.54) is 0 Å². The first-order chi connectivity index (χ1) is 12.7. The summed E-state index contributed by atoms with van der Waals surface area (Å²) in [7, 11) is 0. The maximum Gasteiger partial charge on any atom is 0.226 e. The van der Waals surface area contributed by atoms with Gasteiger partial charge >= 0.3 is 0 Å². The van der Waals surface area contributed by atoms with E-state index in [-0.39, 0.29) is 12.6 Å². The third-order valence-corrected chi connectivity index (χ3v) is 4.84. The molecule has 0 bridgehead atoms. The Morgan fingerprint density at radius 1 is 1.12 bits per heavy atom. The van der Waals surface area contributed by atoms with Crippen molar-refractivity contribution in [2.45, 2.75) is 18.9 Å². The molecule has 1 unspecified atom stereocenters. The molecule has 2 N–H and O–H groups in total. The summed E-state index contributed by atoms with van der Waals surface area (Å²) in [5.74, 6) is 1.47. The molecule has 0 spiro atoms. The zero-order chi connectivity index (χ0) is 17.9. The number of halogens is 1. The predicted molar refractivity (Wildman–Crippen MR) is 106 cm³/mol. The Balaban J connectivity index is 1.78. The number of aliphatic hydroxyl groups excluding tert-OH is 1. The molecule has 0 saturated carbocycles. The molecule has 1 aliphatic rings. The summed E-state index contributed by atoms with van der Waals surface area (Å²) in [5.41, 5.74) is 3.26. The molecule has 1 atom stereocenters. The van der Waals surface area contributed by atoms with E-state index in [0.717, 1.165) is 33.1 Å². The van der Waals surface area contributed by atoms with E-state index in [4.69, 9.17) is 5.11 Å². The Kier molecular flexibility index (Phi) is 4.86. The number of hydrogen-bond donors (Lipinski definition) is 2. The van der Waals surface area contributed by atoms with Gasteiger partial charge in [-0.3, -0.25) is 0 Å². The molecule has 1 aliphatic heterocycles. The topological polar surface area (TPSA) is 63.0 Å². The van der Waals surface area contributed by atoms with Crippen LogP contribution in [0.1, 0.15) is 29.4 Å². The molecule has 2 aromatic carbocycles. The molecular formula is C20H19BrN4O. The highest BCUT2D eigenvalue weighted by Gasteiger charge is 2.25.